The Bertz CT molecular complexity index is 1560. The molecule has 4 fully saturated rings. The molecule has 0 spiro atoms. The fourth-order valence-electron chi connectivity index (χ4n) is 7.59. The molecule has 16 N–H and O–H groups in total. The van der Waals surface area contributed by atoms with Gasteiger partial charge < -0.3 is 120 Å². The standard InChI is InChI=1S/C40H60N2O22/c43-13-21-25(47)27(49)31(53)39(59-21)63-35-23(15-45)61-37(33(55)29(35)51)57-19-7-3-17(4-8-19)41-11-1-2-12-42-18-5-9-20(10-6-18)58-38-34(56)30(52)36(24(16-46)62-38)64-40-32(54)28(50)26(48)22(14-44)60-40/h3-10,21-56H,1-2,11-16H2/t21-,22-,23-,24-,25-,26-,27+,28+,29-,30-,31-,32-,33-,34-,35-,36-,37-,38-,39+,40+/m1/s1. The lowest BCUT2D eigenvalue weighted by Gasteiger charge is -2.45. The number of unbranched alkanes of at least 4 members (excludes halogenated alkanes) is 1. The Morgan fingerprint density at radius 3 is 1.02 bits per heavy atom. The van der Waals surface area contributed by atoms with E-state index in [0.717, 1.165) is 24.2 Å². The quantitative estimate of drug-likeness (QED) is 0.0583. The van der Waals surface area contributed by atoms with Crippen LogP contribution in [0.4, 0.5) is 11.4 Å². The lowest BCUT2D eigenvalue weighted by molar-refractivity contribution is -0.352. The third-order valence-corrected chi connectivity index (χ3v) is 11.4. The number of hydrogen-bond acceptors (Lipinski definition) is 24. The molecule has 4 aliphatic rings. The molecule has 4 saturated heterocycles. The summed E-state index contributed by atoms with van der Waals surface area (Å²) in [6.07, 6.45) is -29.7. The molecule has 0 bridgehead atoms. The third-order valence-electron chi connectivity index (χ3n) is 11.4. The molecule has 0 aromatic heterocycles. The van der Waals surface area contributed by atoms with Gasteiger partial charge in [0.05, 0.1) is 26.4 Å². The van der Waals surface area contributed by atoms with E-state index in [9.17, 15) is 71.5 Å². The van der Waals surface area contributed by atoms with Gasteiger partial charge in [-0.1, -0.05) is 0 Å². The average Bonchev–Trinajstić information content (AvgIpc) is 3.30. The van der Waals surface area contributed by atoms with Gasteiger partial charge in [0.1, 0.15) is 109 Å². The molecule has 0 saturated carbocycles. The van der Waals surface area contributed by atoms with Crippen molar-refractivity contribution >= 4 is 11.4 Å². The SMILES string of the molecule is OC[C@H]1O[C@@H](O[C@H]2[C@H](O)[C@@H](O)[C@H](Oc3ccc(NCCCCNc4ccc(O[C@@H]5O[C@H](CO)[C@@H](O[C@@H]6O[C@H](CO)[C@@H](O)[C@H](O)[C@H]6O)[C@H](O)[C@H]5O)cc4)cc3)O[C@@H]2CO)[C@H](O)[C@@H](O)[C@@H]1O. The Balaban J connectivity index is 0.890. The summed E-state index contributed by atoms with van der Waals surface area (Å²) in [5.74, 6) is 0.547. The number of aliphatic hydroxyl groups excluding tert-OH is 14. The molecule has 64 heavy (non-hydrogen) atoms. The fraction of sp³-hybridized carbons (Fsp3) is 0.700. The molecule has 0 unspecified atom stereocenters. The summed E-state index contributed by atoms with van der Waals surface area (Å²) in [6, 6.07) is 13.4. The first-order chi connectivity index (χ1) is 30.7. The first kappa shape index (κ1) is 50.3. The van der Waals surface area contributed by atoms with E-state index in [4.69, 9.17) is 37.9 Å². The molecule has 20 atom stereocenters. The summed E-state index contributed by atoms with van der Waals surface area (Å²) in [4.78, 5) is 0. The normalized spacial score (nSPS) is 40.4. The van der Waals surface area contributed by atoms with Crippen LogP contribution >= 0.6 is 0 Å². The molecule has 362 valence electrons. The van der Waals surface area contributed by atoms with Crippen LogP contribution in [0.5, 0.6) is 11.5 Å². The van der Waals surface area contributed by atoms with Gasteiger partial charge in [-0.2, -0.15) is 0 Å². The highest BCUT2D eigenvalue weighted by Gasteiger charge is 2.53. The first-order valence-corrected chi connectivity index (χ1v) is 20.9. The van der Waals surface area contributed by atoms with Crippen LogP contribution in [0.25, 0.3) is 0 Å². The number of ether oxygens (including phenoxy) is 8. The molecule has 0 aliphatic carbocycles. The molecule has 24 heteroatoms. The van der Waals surface area contributed by atoms with E-state index in [1.165, 1.54) is 0 Å². The molecule has 2 aromatic rings. The third kappa shape index (κ3) is 11.7. The van der Waals surface area contributed by atoms with Crippen LogP contribution in [0.3, 0.4) is 0 Å². The van der Waals surface area contributed by atoms with Crippen molar-refractivity contribution in [2.75, 3.05) is 50.2 Å². The highest BCUT2D eigenvalue weighted by molar-refractivity contribution is 5.47. The molecule has 0 radical (unpaired) electrons. The Hall–Kier alpha value is -3.16. The highest BCUT2D eigenvalue weighted by Crippen LogP contribution is 2.33. The molecule has 6 rings (SSSR count). The molecule has 4 heterocycles. The summed E-state index contributed by atoms with van der Waals surface area (Å²) in [6.45, 7) is -1.57. The van der Waals surface area contributed by atoms with E-state index >= 15 is 0 Å². The van der Waals surface area contributed by atoms with Crippen molar-refractivity contribution in [3.05, 3.63) is 48.5 Å². The number of aliphatic hydroxyl groups is 14. The van der Waals surface area contributed by atoms with Crippen molar-refractivity contribution in [1.82, 2.24) is 0 Å². The Morgan fingerprint density at radius 2 is 0.688 bits per heavy atom. The molecular formula is C40H60N2O22. The smallest absolute Gasteiger partial charge is 0.229 e. The second-order valence-corrected chi connectivity index (χ2v) is 15.9. The fourth-order valence-corrected chi connectivity index (χ4v) is 7.59. The zero-order chi connectivity index (χ0) is 46.2. The molecule has 24 nitrogen and oxygen atoms in total. The van der Waals surface area contributed by atoms with Gasteiger partial charge in [-0.3, -0.25) is 0 Å². The van der Waals surface area contributed by atoms with Gasteiger partial charge in [0.2, 0.25) is 12.6 Å². The Labute approximate surface area is 366 Å². The van der Waals surface area contributed by atoms with Crippen LogP contribution in [0.1, 0.15) is 12.8 Å². The topological polar surface area (TPSA) is 381 Å². The largest absolute Gasteiger partial charge is 0.462 e. The van der Waals surface area contributed by atoms with Gasteiger partial charge in [0, 0.05) is 24.5 Å². The molecule has 2 aromatic carbocycles. The first-order valence-electron chi connectivity index (χ1n) is 20.9. The summed E-state index contributed by atoms with van der Waals surface area (Å²) >= 11 is 0. The van der Waals surface area contributed by atoms with E-state index in [1.807, 2.05) is 0 Å². The van der Waals surface area contributed by atoms with Crippen LogP contribution in [-0.4, -0.2) is 234 Å². The van der Waals surface area contributed by atoms with Crippen molar-refractivity contribution in [1.29, 1.82) is 0 Å². The number of benzene rings is 2. The number of rotatable bonds is 19. The zero-order valence-corrected chi connectivity index (χ0v) is 34.3. The second-order valence-electron chi connectivity index (χ2n) is 15.9. The van der Waals surface area contributed by atoms with E-state index in [2.05, 4.69) is 10.6 Å². The van der Waals surface area contributed by atoms with Crippen molar-refractivity contribution in [3.8, 4) is 11.5 Å². The predicted molar refractivity (Wildman–Crippen MR) is 213 cm³/mol. The maximum absolute atomic E-state index is 10.9. The van der Waals surface area contributed by atoms with Gasteiger partial charge in [-0.25, -0.2) is 0 Å². The highest BCUT2D eigenvalue weighted by atomic mass is 16.8. The molecule has 0 amide bonds. The molecular weight excluding hydrogens is 860 g/mol. The zero-order valence-electron chi connectivity index (χ0n) is 34.3. The van der Waals surface area contributed by atoms with E-state index < -0.39 is 149 Å². The maximum atomic E-state index is 10.9. The molecule has 4 aliphatic heterocycles. The van der Waals surface area contributed by atoms with Crippen LogP contribution in [-0.2, 0) is 28.4 Å². The van der Waals surface area contributed by atoms with Gasteiger partial charge in [0.15, 0.2) is 12.6 Å². The van der Waals surface area contributed by atoms with E-state index in [1.54, 1.807) is 48.5 Å². The minimum Gasteiger partial charge on any atom is -0.462 e. The Morgan fingerprint density at radius 1 is 0.375 bits per heavy atom. The van der Waals surface area contributed by atoms with Gasteiger partial charge in [-0.05, 0) is 61.4 Å². The van der Waals surface area contributed by atoms with Gasteiger partial charge in [-0.15, -0.1) is 0 Å². The average molecular weight is 921 g/mol. The maximum Gasteiger partial charge on any atom is 0.229 e. The van der Waals surface area contributed by atoms with Crippen molar-refractivity contribution in [2.45, 2.75) is 136 Å². The summed E-state index contributed by atoms with van der Waals surface area (Å²) < 4.78 is 44.6. The van der Waals surface area contributed by atoms with Crippen molar-refractivity contribution < 1.29 is 109 Å². The summed E-state index contributed by atoms with van der Waals surface area (Å²) in [5.41, 5.74) is 1.54. The van der Waals surface area contributed by atoms with Crippen molar-refractivity contribution in [2.24, 2.45) is 0 Å². The monoisotopic (exact) mass is 920 g/mol. The lowest BCUT2D eigenvalue weighted by atomic mass is 9.97. The van der Waals surface area contributed by atoms with Crippen LogP contribution in [0, 0.1) is 0 Å². The van der Waals surface area contributed by atoms with Gasteiger partial charge >= 0.3 is 0 Å². The minimum atomic E-state index is -1.78. The van der Waals surface area contributed by atoms with E-state index in [-0.39, 0.29) is 11.5 Å². The summed E-state index contributed by atoms with van der Waals surface area (Å²) in [7, 11) is 0. The van der Waals surface area contributed by atoms with Gasteiger partial charge in [0.25, 0.3) is 0 Å². The van der Waals surface area contributed by atoms with Crippen LogP contribution in [0.15, 0.2) is 48.5 Å². The number of nitrogens with one attached hydrogen (secondary N) is 2. The summed E-state index contributed by atoms with van der Waals surface area (Å²) in [5, 5.41) is 150. The second kappa shape index (κ2) is 23.0. The Kier molecular flexibility index (Phi) is 18.1. The minimum absolute atomic E-state index is 0.273. The number of anilines is 2. The van der Waals surface area contributed by atoms with E-state index in [0.29, 0.717) is 13.1 Å². The predicted octanol–water partition coefficient (Wildman–Crippen LogP) is -6.00. The number of hydrogen-bond donors (Lipinski definition) is 16. The van der Waals surface area contributed by atoms with Crippen molar-refractivity contribution in [3.63, 3.8) is 0 Å². The van der Waals surface area contributed by atoms with Crippen LogP contribution in [0.2, 0.25) is 0 Å². The lowest BCUT2D eigenvalue weighted by Crippen LogP contribution is -2.65. The van der Waals surface area contributed by atoms with Crippen LogP contribution < -0.4 is 20.1 Å².